The lowest BCUT2D eigenvalue weighted by Gasteiger charge is -2.27. The Morgan fingerprint density at radius 3 is 2.23 bits per heavy atom. The molecule has 0 saturated heterocycles. The fourth-order valence-electron chi connectivity index (χ4n) is 2.26. The third kappa shape index (κ3) is 4.10. The second kappa shape index (κ2) is 5.61. The number of likely N-dealkylation sites (N-methyl/N-ethyl adjacent to an activating group) is 1. The van der Waals surface area contributed by atoms with E-state index in [1.165, 1.54) is 38.5 Å². The van der Waals surface area contributed by atoms with E-state index >= 15 is 0 Å². The van der Waals surface area contributed by atoms with Gasteiger partial charge in [-0.1, -0.05) is 25.7 Å². The minimum Gasteiger partial charge on any atom is -0.392 e. The van der Waals surface area contributed by atoms with Crippen LogP contribution >= 0.6 is 0 Å². The molecule has 0 unspecified atom stereocenters. The van der Waals surface area contributed by atoms with E-state index in [0.29, 0.717) is 0 Å². The van der Waals surface area contributed by atoms with Crippen LogP contribution < -0.4 is 0 Å². The van der Waals surface area contributed by atoms with E-state index in [9.17, 15) is 5.11 Å². The zero-order valence-corrected chi connectivity index (χ0v) is 9.00. The molecule has 0 aromatic heterocycles. The molecule has 1 aliphatic rings. The Labute approximate surface area is 81.9 Å². The zero-order chi connectivity index (χ0) is 9.68. The Morgan fingerprint density at radius 2 is 1.77 bits per heavy atom. The first kappa shape index (κ1) is 11.0. The lowest BCUT2D eigenvalue weighted by molar-refractivity contribution is 0.111. The van der Waals surface area contributed by atoms with Crippen molar-refractivity contribution in [3.63, 3.8) is 0 Å². The molecule has 0 spiro atoms. The van der Waals surface area contributed by atoms with Crippen LogP contribution in [0.2, 0.25) is 0 Å². The number of aliphatic hydroxyl groups excluding tert-OH is 1. The summed E-state index contributed by atoms with van der Waals surface area (Å²) in [6.45, 7) is 2.69. The molecular weight excluding hydrogens is 162 g/mol. The highest BCUT2D eigenvalue weighted by Crippen LogP contribution is 2.20. The topological polar surface area (TPSA) is 23.5 Å². The van der Waals surface area contributed by atoms with Gasteiger partial charge >= 0.3 is 0 Å². The van der Waals surface area contributed by atoms with Crippen molar-refractivity contribution in [2.24, 2.45) is 0 Å². The first-order chi connectivity index (χ1) is 6.20. The lowest BCUT2D eigenvalue weighted by Crippen LogP contribution is -2.36. The molecule has 0 amide bonds. The van der Waals surface area contributed by atoms with E-state index in [0.717, 1.165) is 12.6 Å². The highest BCUT2D eigenvalue weighted by molar-refractivity contribution is 4.73. The third-order valence-corrected chi connectivity index (χ3v) is 3.00. The van der Waals surface area contributed by atoms with Gasteiger partial charge in [-0.2, -0.15) is 0 Å². The molecule has 1 N–H and O–H groups in total. The van der Waals surface area contributed by atoms with Crippen LogP contribution in [-0.2, 0) is 0 Å². The van der Waals surface area contributed by atoms with Gasteiger partial charge in [0.2, 0.25) is 0 Å². The molecule has 2 nitrogen and oxygen atoms in total. The number of aliphatic hydroxyl groups is 1. The van der Waals surface area contributed by atoms with Crippen LogP contribution in [0.5, 0.6) is 0 Å². The molecule has 1 atom stereocenters. The van der Waals surface area contributed by atoms with Gasteiger partial charge in [0.15, 0.2) is 0 Å². The molecule has 0 aromatic carbocycles. The van der Waals surface area contributed by atoms with Crippen molar-refractivity contribution in [3.05, 3.63) is 0 Å². The fraction of sp³-hybridized carbons (Fsp3) is 1.00. The number of hydrogen-bond donors (Lipinski definition) is 1. The average Bonchev–Trinajstić information content (AvgIpc) is 2.29. The first-order valence-electron chi connectivity index (χ1n) is 5.58. The van der Waals surface area contributed by atoms with Gasteiger partial charge in [-0.15, -0.1) is 0 Å². The maximum absolute atomic E-state index is 9.28. The van der Waals surface area contributed by atoms with Crippen molar-refractivity contribution in [2.45, 2.75) is 57.6 Å². The zero-order valence-electron chi connectivity index (χ0n) is 9.00. The van der Waals surface area contributed by atoms with Gasteiger partial charge < -0.3 is 10.0 Å². The van der Waals surface area contributed by atoms with E-state index < -0.39 is 0 Å². The van der Waals surface area contributed by atoms with Crippen molar-refractivity contribution >= 4 is 0 Å². The largest absolute Gasteiger partial charge is 0.392 e. The molecule has 1 saturated carbocycles. The summed E-state index contributed by atoms with van der Waals surface area (Å²) in [6, 6.07) is 0.720. The summed E-state index contributed by atoms with van der Waals surface area (Å²) in [5.41, 5.74) is 0. The maximum atomic E-state index is 9.28. The predicted octanol–water partition coefficient (Wildman–Crippen LogP) is 2.02. The summed E-state index contributed by atoms with van der Waals surface area (Å²) in [6.07, 6.45) is 8.00. The van der Waals surface area contributed by atoms with Crippen molar-refractivity contribution < 1.29 is 5.11 Å². The van der Waals surface area contributed by atoms with Crippen LogP contribution in [-0.4, -0.2) is 35.7 Å². The van der Waals surface area contributed by atoms with Crippen molar-refractivity contribution in [1.82, 2.24) is 4.90 Å². The Balaban J connectivity index is 2.30. The van der Waals surface area contributed by atoms with Crippen molar-refractivity contribution in [3.8, 4) is 0 Å². The number of hydrogen-bond acceptors (Lipinski definition) is 2. The Kier molecular flexibility index (Phi) is 4.74. The Morgan fingerprint density at radius 1 is 1.23 bits per heavy atom. The van der Waals surface area contributed by atoms with Gasteiger partial charge in [-0.25, -0.2) is 0 Å². The summed E-state index contributed by atoms with van der Waals surface area (Å²) >= 11 is 0. The van der Waals surface area contributed by atoms with Crippen LogP contribution in [0.25, 0.3) is 0 Å². The van der Waals surface area contributed by atoms with Crippen LogP contribution in [0, 0.1) is 0 Å². The quantitative estimate of drug-likeness (QED) is 0.680. The van der Waals surface area contributed by atoms with Gasteiger partial charge in [0.1, 0.15) is 0 Å². The standard InChI is InChI=1S/C11H23NO/c1-10(13)9-12(2)11-7-5-3-4-6-8-11/h10-11,13H,3-9H2,1-2H3/t10-/m1/s1. The SMILES string of the molecule is C[C@@H](O)CN(C)C1CCCCCC1. The molecule has 13 heavy (non-hydrogen) atoms. The molecular formula is C11H23NO. The summed E-state index contributed by atoms with van der Waals surface area (Å²) < 4.78 is 0. The minimum absolute atomic E-state index is 0.187. The van der Waals surface area contributed by atoms with E-state index in [1.54, 1.807) is 0 Å². The van der Waals surface area contributed by atoms with Gasteiger partial charge in [0.25, 0.3) is 0 Å². The van der Waals surface area contributed by atoms with Crippen molar-refractivity contribution in [1.29, 1.82) is 0 Å². The second-order valence-corrected chi connectivity index (χ2v) is 4.43. The molecule has 0 aromatic rings. The molecule has 0 bridgehead atoms. The molecule has 0 radical (unpaired) electrons. The summed E-state index contributed by atoms with van der Waals surface area (Å²) in [5.74, 6) is 0. The molecule has 1 fully saturated rings. The van der Waals surface area contributed by atoms with E-state index in [2.05, 4.69) is 11.9 Å². The number of nitrogens with zero attached hydrogens (tertiary/aromatic N) is 1. The van der Waals surface area contributed by atoms with Gasteiger partial charge in [0, 0.05) is 12.6 Å². The highest BCUT2D eigenvalue weighted by atomic mass is 16.3. The minimum atomic E-state index is -0.187. The summed E-state index contributed by atoms with van der Waals surface area (Å²) in [5, 5.41) is 9.28. The van der Waals surface area contributed by atoms with Crippen molar-refractivity contribution in [2.75, 3.05) is 13.6 Å². The number of rotatable bonds is 3. The second-order valence-electron chi connectivity index (χ2n) is 4.43. The molecule has 0 aliphatic heterocycles. The Bertz CT molecular complexity index is 128. The Hall–Kier alpha value is -0.0800. The van der Waals surface area contributed by atoms with Gasteiger partial charge in [-0.3, -0.25) is 0 Å². The normalized spacial score (nSPS) is 23.1. The molecule has 2 heteroatoms. The molecule has 1 rings (SSSR count). The maximum Gasteiger partial charge on any atom is 0.0639 e. The summed E-state index contributed by atoms with van der Waals surface area (Å²) in [4.78, 5) is 2.33. The lowest BCUT2D eigenvalue weighted by atomic mass is 10.1. The van der Waals surface area contributed by atoms with Gasteiger partial charge in [-0.05, 0) is 26.8 Å². The van der Waals surface area contributed by atoms with Crippen LogP contribution in [0.15, 0.2) is 0 Å². The van der Waals surface area contributed by atoms with E-state index in [4.69, 9.17) is 0 Å². The molecule has 0 heterocycles. The summed E-state index contributed by atoms with van der Waals surface area (Å²) in [7, 11) is 2.14. The predicted molar refractivity (Wildman–Crippen MR) is 55.8 cm³/mol. The molecule has 78 valence electrons. The molecule has 1 aliphatic carbocycles. The van der Waals surface area contributed by atoms with Gasteiger partial charge in [0.05, 0.1) is 6.10 Å². The third-order valence-electron chi connectivity index (χ3n) is 3.00. The highest BCUT2D eigenvalue weighted by Gasteiger charge is 2.17. The van der Waals surface area contributed by atoms with Crippen LogP contribution in [0.4, 0.5) is 0 Å². The van der Waals surface area contributed by atoms with Crippen LogP contribution in [0.1, 0.15) is 45.4 Å². The fourth-order valence-corrected chi connectivity index (χ4v) is 2.26. The van der Waals surface area contributed by atoms with E-state index in [-0.39, 0.29) is 6.10 Å². The smallest absolute Gasteiger partial charge is 0.0639 e. The first-order valence-corrected chi connectivity index (χ1v) is 5.58. The van der Waals surface area contributed by atoms with E-state index in [1.807, 2.05) is 6.92 Å². The van der Waals surface area contributed by atoms with Crippen LogP contribution in [0.3, 0.4) is 0 Å². The average molecular weight is 185 g/mol. The monoisotopic (exact) mass is 185 g/mol.